The maximum atomic E-state index is 13.2. The summed E-state index contributed by atoms with van der Waals surface area (Å²) in [4.78, 5) is 0. The van der Waals surface area contributed by atoms with Crippen molar-refractivity contribution in [3.8, 4) is 5.75 Å². The Bertz CT molecular complexity index is 611. The monoisotopic (exact) mass is 294 g/mol. The van der Waals surface area contributed by atoms with Crippen molar-refractivity contribution in [2.24, 2.45) is 0 Å². The molecule has 0 radical (unpaired) electrons. The summed E-state index contributed by atoms with van der Waals surface area (Å²) in [6.45, 7) is 3.82. The molecule has 1 N–H and O–H groups in total. The Labute approximate surface area is 122 Å². The summed E-state index contributed by atoms with van der Waals surface area (Å²) < 4.78 is 18.8. The van der Waals surface area contributed by atoms with Crippen molar-refractivity contribution in [3.63, 3.8) is 0 Å². The van der Waals surface area contributed by atoms with Crippen molar-refractivity contribution in [2.45, 2.75) is 26.6 Å². The van der Waals surface area contributed by atoms with Gasteiger partial charge in [-0.2, -0.15) is 0 Å². The van der Waals surface area contributed by atoms with E-state index < -0.39 is 6.10 Å². The van der Waals surface area contributed by atoms with E-state index in [4.69, 9.17) is 16.3 Å². The molecule has 1 atom stereocenters. The van der Waals surface area contributed by atoms with Gasteiger partial charge < -0.3 is 9.84 Å². The van der Waals surface area contributed by atoms with Crippen molar-refractivity contribution in [2.75, 3.05) is 0 Å². The summed E-state index contributed by atoms with van der Waals surface area (Å²) in [5.74, 6) is 0.226. The zero-order chi connectivity index (χ0) is 14.7. The normalized spacial score (nSPS) is 12.2. The van der Waals surface area contributed by atoms with E-state index >= 15 is 0 Å². The third-order valence-corrected chi connectivity index (χ3v) is 3.43. The number of hydrogen-bond donors (Lipinski definition) is 1. The number of benzene rings is 2. The van der Waals surface area contributed by atoms with Crippen LogP contribution in [0.4, 0.5) is 4.39 Å². The second-order valence-electron chi connectivity index (χ2n) is 4.73. The highest BCUT2D eigenvalue weighted by Gasteiger charge is 2.08. The van der Waals surface area contributed by atoms with Crippen molar-refractivity contribution < 1.29 is 14.2 Å². The summed E-state index contributed by atoms with van der Waals surface area (Å²) in [6.07, 6.45) is -0.577. The van der Waals surface area contributed by atoms with Crippen LogP contribution < -0.4 is 4.74 Å². The molecule has 0 aliphatic heterocycles. The van der Waals surface area contributed by atoms with Crippen LogP contribution in [0.3, 0.4) is 0 Å². The average molecular weight is 295 g/mol. The van der Waals surface area contributed by atoms with Crippen LogP contribution in [0.1, 0.15) is 29.7 Å². The maximum Gasteiger partial charge on any atom is 0.138 e. The van der Waals surface area contributed by atoms with Crippen LogP contribution in [-0.4, -0.2) is 5.11 Å². The average Bonchev–Trinajstić information content (AvgIpc) is 2.40. The quantitative estimate of drug-likeness (QED) is 0.904. The van der Waals surface area contributed by atoms with Crippen LogP contribution in [0.15, 0.2) is 36.4 Å². The van der Waals surface area contributed by atoms with Gasteiger partial charge >= 0.3 is 0 Å². The maximum absolute atomic E-state index is 13.2. The summed E-state index contributed by atoms with van der Waals surface area (Å²) in [5, 5.41) is 9.90. The molecule has 0 aromatic heterocycles. The minimum absolute atomic E-state index is 0.247. The molecule has 0 aliphatic carbocycles. The molecular formula is C16H16ClFO2. The lowest BCUT2D eigenvalue weighted by atomic mass is 10.1. The van der Waals surface area contributed by atoms with E-state index in [9.17, 15) is 9.50 Å². The van der Waals surface area contributed by atoms with Crippen LogP contribution >= 0.6 is 11.6 Å². The molecule has 0 fully saturated rings. The van der Waals surface area contributed by atoms with Gasteiger partial charge in [-0.3, -0.25) is 0 Å². The van der Waals surface area contributed by atoms with E-state index in [2.05, 4.69) is 0 Å². The molecule has 106 valence electrons. The zero-order valence-corrected chi connectivity index (χ0v) is 12.1. The van der Waals surface area contributed by atoms with Crippen LogP contribution in [-0.2, 0) is 6.61 Å². The van der Waals surface area contributed by atoms with Gasteiger partial charge in [0.1, 0.15) is 18.2 Å². The molecule has 2 aromatic rings. The van der Waals surface area contributed by atoms with Crippen LogP contribution in [0.2, 0.25) is 5.02 Å². The first kappa shape index (κ1) is 14.8. The van der Waals surface area contributed by atoms with Gasteiger partial charge in [-0.15, -0.1) is 0 Å². The minimum Gasteiger partial charge on any atom is -0.487 e. The van der Waals surface area contributed by atoms with Gasteiger partial charge in [0.05, 0.1) is 11.1 Å². The Morgan fingerprint density at radius 3 is 2.65 bits per heavy atom. The SMILES string of the molecule is Cc1ccc(F)cc1COc1ccc([C@@H](C)O)cc1Cl. The highest BCUT2D eigenvalue weighted by molar-refractivity contribution is 6.32. The molecule has 0 spiro atoms. The third-order valence-electron chi connectivity index (χ3n) is 3.13. The number of hydrogen-bond acceptors (Lipinski definition) is 2. The molecule has 2 aromatic carbocycles. The van der Waals surface area contributed by atoms with Crippen LogP contribution in [0.5, 0.6) is 5.75 Å². The summed E-state index contributed by atoms with van der Waals surface area (Å²) in [6, 6.07) is 9.71. The van der Waals surface area contributed by atoms with Crippen molar-refractivity contribution in [1.29, 1.82) is 0 Å². The fourth-order valence-corrected chi connectivity index (χ4v) is 2.09. The number of rotatable bonds is 4. The van der Waals surface area contributed by atoms with Crippen molar-refractivity contribution in [1.82, 2.24) is 0 Å². The standard InChI is InChI=1S/C16H16ClFO2/c1-10-3-5-14(18)7-13(10)9-20-16-6-4-12(11(2)19)8-15(16)17/h3-8,11,19H,9H2,1-2H3/t11-/m1/s1. The number of ether oxygens (including phenoxy) is 1. The van der Waals surface area contributed by atoms with Gasteiger partial charge in [-0.25, -0.2) is 4.39 Å². The molecule has 0 amide bonds. The highest BCUT2D eigenvalue weighted by Crippen LogP contribution is 2.28. The number of aryl methyl sites for hydroxylation is 1. The van der Waals surface area contributed by atoms with Gasteiger partial charge in [0, 0.05) is 0 Å². The summed E-state index contributed by atoms with van der Waals surface area (Å²) in [5.41, 5.74) is 2.47. The second kappa shape index (κ2) is 6.25. The second-order valence-corrected chi connectivity index (χ2v) is 5.13. The lowest BCUT2D eigenvalue weighted by Gasteiger charge is -2.12. The van der Waals surface area contributed by atoms with Gasteiger partial charge in [-0.1, -0.05) is 23.7 Å². The Morgan fingerprint density at radius 2 is 2.00 bits per heavy atom. The highest BCUT2D eigenvalue weighted by atomic mass is 35.5. The minimum atomic E-state index is -0.577. The van der Waals surface area contributed by atoms with Crippen molar-refractivity contribution >= 4 is 11.6 Å². The van der Waals surface area contributed by atoms with Gasteiger partial charge in [0.2, 0.25) is 0 Å². The fraction of sp³-hybridized carbons (Fsp3) is 0.250. The molecule has 0 heterocycles. The van der Waals surface area contributed by atoms with Gasteiger partial charge in [-0.05, 0) is 54.8 Å². The fourth-order valence-electron chi connectivity index (χ4n) is 1.85. The predicted octanol–water partition coefficient (Wildman–Crippen LogP) is 4.42. The van der Waals surface area contributed by atoms with E-state index in [0.29, 0.717) is 10.8 Å². The van der Waals surface area contributed by atoms with Gasteiger partial charge in [0.25, 0.3) is 0 Å². The molecule has 20 heavy (non-hydrogen) atoms. The Hall–Kier alpha value is -1.58. The lowest BCUT2D eigenvalue weighted by Crippen LogP contribution is -2.00. The van der Waals surface area contributed by atoms with Crippen LogP contribution in [0, 0.1) is 12.7 Å². The molecule has 0 saturated carbocycles. The molecule has 2 rings (SSSR count). The summed E-state index contributed by atoms with van der Waals surface area (Å²) >= 11 is 6.10. The number of halogens is 2. The van der Waals surface area contributed by atoms with Gasteiger partial charge in [0.15, 0.2) is 0 Å². The Balaban J connectivity index is 2.13. The first-order valence-corrected chi connectivity index (χ1v) is 6.70. The Morgan fingerprint density at radius 1 is 1.25 bits per heavy atom. The van der Waals surface area contributed by atoms with Crippen molar-refractivity contribution in [3.05, 3.63) is 63.9 Å². The lowest BCUT2D eigenvalue weighted by molar-refractivity contribution is 0.199. The topological polar surface area (TPSA) is 29.5 Å². The molecule has 0 bridgehead atoms. The third kappa shape index (κ3) is 3.50. The first-order valence-electron chi connectivity index (χ1n) is 6.32. The molecular weight excluding hydrogens is 279 g/mol. The van der Waals surface area contributed by atoms with E-state index in [1.807, 2.05) is 6.92 Å². The summed E-state index contributed by atoms with van der Waals surface area (Å²) in [7, 11) is 0. The molecule has 4 heteroatoms. The number of aliphatic hydroxyl groups excluding tert-OH is 1. The van der Waals surface area contributed by atoms with Crippen LogP contribution in [0.25, 0.3) is 0 Å². The molecule has 0 unspecified atom stereocenters. The van der Waals surface area contributed by atoms with E-state index in [0.717, 1.165) is 16.7 Å². The smallest absolute Gasteiger partial charge is 0.138 e. The first-order chi connectivity index (χ1) is 9.47. The predicted molar refractivity (Wildman–Crippen MR) is 77.6 cm³/mol. The van der Waals surface area contributed by atoms with E-state index in [-0.39, 0.29) is 12.4 Å². The Kier molecular flexibility index (Phi) is 4.63. The number of aliphatic hydroxyl groups is 1. The largest absolute Gasteiger partial charge is 0.487 e. The van der Waals surface area contributed by atoms with E-state index in [1.54, 1.807) is 31.2 Å². The zero-order valence-electron chi connectivity index (χ0n) is 11.4. The molecule has 0 aliphatic rings. The van der Waals surface area contributed by atoms with E-state index in [1.165, 1.54) is 12.1 Å². The molecule has 2 nitrogen and oxygen atoms in total. The molecule has 0 saturated heterocycles.